The normalized spacial score (nSPS) is 19.8. The van der Waals surface area contributed by atoms with E-state index >= 15 is 0 Å². The number of carbonyl (C=O) groups excluding carboxylic acids is 1. The smallest absolute Gasteiger partial charge is 0.222 e. The fourth-order valence-corrected chi connectivity index (χ4v) is 2.32. The van der Waals surface area contributed by atoms with Crippen LogP contribution in [-0.4, -0.2) is 29.9 Å². The van der Waals surface area contributed by atoms with E-state index in [1.165, 1.54) is 19.3 Å². The highest BCUT2D eigenvalue weighted by Crippen LogP contribution is 2.20. The second kappa shape index (κ2) is 6.89. The summed E-state index contributed by atoms with van der Waals surface area (Å²) in [6, 6.07) is 0.221. The highest BCUT2D eigenvalue weighted by molar-refractivity contribution is 5.76. The lowest BCUT2D eigenvalue weighted by molar-refractivity contribution is -0.132. The zero-order chi connectivity index (χ0) is 12.0. The molecule has 1 heterocycles. The molecule has 94 valence electrons. The van der Waals surface area contributed by atoms with Crippen LogP contribution >= 0.6 is 0 Å². The standard InChI is InChI=1S/C13H26N2O/c1-3-12-7-9-15(10-8-12)13(16)6-4-5-11(2)14/h11-12H,3-10,14H2,1-2H3. The van der Waals surface area contributed by atoms with Crippen molar-refractivity contribution in [1.29, 1.82) is 0 Å². The number of carbonyl (C=O) groups is 1. The van der Waals surface area contributed by atoms with E-state index < -0.39 is 0 Å². The summed E-state index contributed by atoms with van der Waals surface area (Å²) >= 11 is 0. The summed E-state index contributed by atoms with van der Waals surface area (Å²) < 4.78 is 0. The molecule has 0 spiro atoms. The molecule has 0 aromatic heterocycles. The van der Waals surface area contributed by atoms with Gasteiger partial charge in [0, 0.05) is 25.6 Å². The molecule has 3 heteroatoms. The van der Waals surface area contributed by atoms with Crippen LogP contribution in [-0.2, 0) is 4.79 Å². The Hall–Kier alpha value is -0.570. The fraction of sp³-hybridized carbons (Fsp3) is 0.923. The third-order valence-electron chi connectivity index (χ3n) is 3.59. The van der Waals surface area contributed by atoms with Crippen molar-refractivity contribution in [3.05, 3.63) is 0 Å². The van der Waals surface area contributed by atoms with Crippen LogP contribution in [0.1, 0.15) is 52.4 Å². The van der Waals surface area contributed by atoms with Crippen molar-refractivity contribution in [3.63, 3.8) is 0 Å². The molecule has 2 N–H and O–H groups in total. The number of hydrogen-bond donors (Lipinski definition) is 1. The molecule has 1 unspecified atom stereocenters. The molecular weight excluding hydrogens is 200 g/mol. The first kappa shape index (κ1) is 13.5. The van der Waals surface area contributed by atoms with E-state index in [9.17, 15) is 4.79 Å². The summed E-state index contributed by atoms with van der Waals surface area (Å²) in [4.78, 5) is 13.9. The van der Waals surface area contributed by atoms with Crippen LogP contribution < -0.4 is 5.73 Å². The van der Waals surface area contributed by atoms with Crippen molar-refractivity contribution in [3.8, 4) is 0 Å². The Morgan fingerprint density at radius 1 is 1.44 bits per heavy atom. The van der Waals surface area contributed by atoms with E-state index in [1.807, 2.05) is 11.8 Å². The van der Waals surface area contributed by atoms with Gasteiger partial charge in [0.05, 0.1) is 0 Å². The van der Waals surface area contributed by atoms with E-state index in [1.54, 1.807) is 0 Å². The number of nitrogens with two attached hydrogens (primary N) is 1. The van der Waals surface area contributed by atoms with Crippen molar-refractivity contribution < 1.29 is 4.79 Å². The van der Waals surface area contributed by atoms with Crippen LogP contribution in [0.15, 0.2) is 0 Å². The van der Waals surface area contributed by atoms with Crippen molar-refractivity contribution in [2.45, 2.75) is 58.4 Å². The van der Waals surface area contributed by atoms with Crippen molar-refractivity contribution in [2.24, 2.45) is 11.7 Å². The quantitative estimate of drug-likeness (QED) is 0.781. The minimum atomic E-state index is 0.221. The summed E-state index contributed by atoms with van der Waals surface area (Å²) in [7, 11) is 0. The zero-order valence-electron chi connectivity index (χ0n) is 10.7. The SMILES string of the molecule is CCC1CCN(C(=O)CCCC(C)N)CC1. The summed E-state index contributed by atoms with van der Waals surface area (Å²) in [6.07, 6.45) is 6.21. The van der Waals surface area contributed by atoms with Gasteiger partial charge in [-0.1, -0.05) is 13.3 Å². The van der Waals surface area contributed by atoms with Gasteiger partial charge in [-0.2, -0.15) is 0 Å². The van der Waals surface area contributed by atoms with Gasteiger partial charge < -0.3 is 10.6 Å². The number of likely N-dealkylation sites (tertiary alicyclic amines) is 1. The molecule has 1 atom stereocenters. The Bertz CT molecular complexity index is 208. The van der Waals surface area contributed by atoms with Crippen LogP contribution in [0.2, 0.25) is 0 Å². The minimum Gasteiger partial charge on any atom is -0.343 e. The zero-order valence-corrected chi connectivity index (χ0v) is 10.7. The number of nitrogens with zero attached hydrogens (tertiary/aromatic N) is 1. The molecule has 0 radical (unpaired) electrons. The fourth-order valence-electron chi connectivity index (χ4n) is 2.32. The lowest BCUT2D eigenvalue weighted by atomic mass is 9.94. The van der Waals surface area contributed by atoms with Crippen LogP contribution in [0, 0.1) is 5.92 Å². The Morgan fingerprint density at radius 3 is 2.56 bits per heavy atom. The topological polar surface area (TPSA) is 46.3 Å². The van der Waals surface area contributed by atoms with Gasteiger partial charge in [-0.3, -0.25) is 4.79 Å². The number of piperidine rings is 1. The maximum Gasteiger partial charge on any atom is 0.222 e. The van der Waals surface area contributed by atoms with E-state index in [4.69, 9.17) is 5.73 Å². The van der Waals surface area contributed by atoms with Gasteiger partial charge in [0.15, 0.2) is 0 Å². The van der Waals surface area contributed by atoms with Gasteiger partial charge in [0.2, 0.25) is 5.91 Å². The lowest BCUT2D eigenvalue weighted by Crippen LogP contribution is -2.38. The Morgan fingerprint density at radius 2 is 2.06 bits per heavy atom. The summed E-state index contributed by atoms with van der Waals surface area (Å²) in [6.45, 7) is 6.17. The molecule has 1 aliphatic heterocycles. The average Bonchev–Trinajstić information content (AvgIpc) is 2.28. The second-order valence-electron chi connectivity index (χ2n) is 5.10. The molecule has 1 amide bonds. The average molecular weight is 226 g/mol. The number of amides is 1. The molecule has 0 aromatic carbocycles. The Labute approximate surface area is 99.4 Å². The van der Waals surface area contributed by atoms with Crippen LogP contribution in [0.4, 0.5) is 0 Å². The maximum atomic E-state index is 11.9. The first-order chi connectivity index (χ1) is 7.63. The predicted molar refractivity (Wildman–Crippen MR) is 67.1 cm³/mol. The Balaban J connectivity index is 2.18. The molecule has 16 heavy (non-hydrogen) atoms. The van der Waals surface area contributed by atoms with Crippen LogP contribution in [0.25, 0.3) is 0 Å². The summed E-state index contributed by atoms with van der Waals surface area (Å²) in [5, 5.41) is 0. The lowest BCUT2D eigenvalue weighted by Gasteiger charge is -2.31. The third kappa shape index (κ3) is 4.52. The molecule has 1 aliphatic rings. The van der Waals surface area contributed by atoms with Gasteiger partial charge in [-0.15, -0.1) is 0 Å². The first-order valence-electron chi connectivity index (χ1n) is 6.66. The molecule has 1 saturated heterocycles. The minimum absolute atomic E-state index is 0.221. The van der Waals surface area contributed by atoms with Gasteiger partial charge in [0.25, 0.3) is 0 Å². The van der Waals surface area contributed by atoms with E-state index in [-0.39, 0.29) is 6.04 Å². The highest BCUT2D eigenvalue weighted by Gasteiger charge is 2.21. The number of rotatable bonds is 5. The molecule has 3 nitrogen and oxygen atoms in total. The molecule has 0 saturated carbocycles. The van der Waals surface area contributed by atoms with E-state index in [0.717, 1.165) is 31.8 Å². The largest absolute Gasteiger partial charge is 0.343 e. The molecule has 1 rings (SSSR count). The van der Waals surface area contributed by atoms with Gasteiger partial charge >= 0.3 is 0 Å². The summed E-state index contributed by atoms with van der Waals surface area (Å²) in [5.74, 6) is 1.17. The van der Waals surface area contributed by atoms with Crippen molar-refractivity contribution in [1.82, 2.24) is 4.90 Å². The van der Waals surface area contributed by atoms with Gasteiger partial charge in [-0.05, 0) is 38.5 Å². The van der Waals surface area contributed by atoms with Gasteiger partial charge in [0.1, 0.15) is 0 Å². The van der Waals surface area contributed by atoms with E-state index in [0.29, 0.717) is 12.3 Å². The molecule has 0 aliphatic carbocycles. The molecule has 0 bridgehead atoms. The molecular formula is C13H26N2O. The van der Waals surface area contributed by atoms with E-state index in [2.05, 4.69) is 6.92 Å². The summed E-state index contributed by atoms with van der Waals surface area (Å²) in [5.41, 5.74) is 5.67. The second-order valence-corrected chi connectivity index (χ2v) is 5.10. The van der Waals surface area contributed by atoms with Crippen LogP contribution in [0.5, 0.6) is 0 Å². The monoisotopic (exact) mass is 226 g/mol. The predicted octanol–water partition coefficient (Wildman–Crippen LogP) is 2.15. The Kier molecular flexibility index (Phi) is 5.81. The maximum absolute atomic E-state index is 11.9. The number of hydrogen-bond acceptors (Lipinski definition) is 2. The van der Waals surface area contributed by atoms with Gasteiger partial charge in [-0.25, -0.2) is 0 Å². The highest BCUT2D eigenvalue weighted by atomic mass is 16.2. The van der Waals surface area contributed by atoms with Crippen molar-refractivity contribution >= 4 is 5.91 Å². The first-order valence-corrected chi connectivity index (χ1v) is 6.66. The molecule has 0 aromatic rings. The molecule has 1 fully saturated rings. The third-order valence-corrected chi connectivity index (χ3v) is 3.59. The van der Waals surface area contributed by atoms with Crippen LogP contribution in [0.3, 0.4) is 0 Å². The van der Waals surface area contributed by atoms with Crippen molar-refractivity contribution in [2.75, 3.05) is 13.1 Å².